The largest absolute Gasteiger partial charge is 0.490 e. The van der Waals surface area contributed by atoms with Gasteiger partial charge in [0.1, 0.15) is 36.4 Å². The Morgan fingerprint density at radius 1 is 1.10 bits per heavy atom. The number of esters is 1. The summed E-state index contributed by atoms with van der Waals surface area (Å²) in [6, 6.07) is 14.8. The van der Waals surface area contributed by atoms with Gasteiger partial charge in [0, 0.05) is 10.6 Å². The number of hydrogen-bond donors (Lipinski definition) is 0. The van der Waals surface area contributed by atoms with E-state index in [1.165, 1.54) is 11.6 Å². The second-order valence-electron chi connectivity index (χ2n) is 7.54. The van der Waals surface area contributed by atoms with Crippen molar-refractivity contribution in [1.29, 1.82) is 5.26 Å². The Hall–Kier alpha value is -2.97. The Labute approximate surface area is 182 Å². The van der Waals surface area contributed by atoms with Crippen molar-refractivity contribution < 1.29 is 19.0 Å². The highest BCUT2D eigenvalue weighted by atomic mass is 35.5. The first kappa shape index (κ1) is 23.3. The van der Waals surface area contributed by atoms with E-state index in [1.54, 1.807) is 25.1 Å². The van der Waals surface area contributed by atoms with Gasteiger partial charge in [-0.3, -0.25) is 0 Å². The Balaban J connectivity index is 2.02. The van der Waals surface area contributed by atoms with Crippen LogP contribution < -0.4 is 9.47 Å². The molecule has 0 bridgehead atoms. The first-order valence-electron chi connectivity index (χ1n) is 9.69. The van der Waals surface area contributed by atoms with Crippen molar-refractivity contribution in [2.24, 2.45) is 0 Å². The molecule has 0 saturated heterocycles. The minimum Gasteiger partial charge on any atom is -0.490 e. The third-order valence-electron chi connectivity index (χ3n) is 4.22. The highest BCUT2D eigenvalue weighted by Gasteiger charge is 2.14. The molecule has 0 aliphatic heterocycles. The van der Waals surface area contributed by atoms with Crippen LogP contribution in [0.25, 0.3) is 6.08 Å². The molecule has 2 aromatic rings. The molecule has 0 aliphatic carbocycles. The molecule has 0 radical (unpaired) electrons. The van der Waals surface area contributed by atoms with Crippen molar-refractivity contribution in [1.82, 2.24) is 0 Å². The zero-order valence-corrected chi connectivity index (χ0v) is 18.5. The number of carbonyl (C=O) groups is 1. The summed E-state index contributed by atoms with van der Waals surface area (Å²) in [4.78, 5) is 11.9. The van der Waals surface area contributed by atoms with Gasteiger partial charge in [0.15, 0.2) is 0 Å². The third-order valence-corrected chi connectivity index (χ3v) is 4.45. The standard InChI is InChI=1S/C24H26ClNO4/c1-5-28-23(27)18(16-26)14-17-15-20(25)8-11-22(17)30-13-12-29-21-9-6-19(7-10-21)24(2,3)4/h6-11,14-15H,5,12-13H2,1-4H3. The zero-order chi connectivity index (χ0) is 22.1. The van der Waals surface area contributed by atoms with Gasteiger partial charge >= 0.3 is 5.97 Å². The number of carbonyl (C=O) groups excluding carboxylic acids is 1. The molecule has 0 saturated carbocycles. The molecule has 30 heavy (non-hydrogen) atoms. The molecule has 5 nitrogen and oxygen atoms in total. The first-order valence-corrected chi connectivity index (χ1v) is 10.1. The molecule has 158 valence electrons. The van der Waals surface area contributed by atoms with Gasteiger partial charge < -0.3 is 14.2 Å². The Morgan fingerprint density at radius 3 is 2.37 bits per heavy atom. The van der Waals surface area contributed by atoms with Crippen molar-refractivity contribution in [3.05, 3.63) is 64.2 Å². The average Bonchev–Trinajstić information content (AvgIpc) is 2.70. The van der Waals surface area contributed by atoms with E-state index in [2.05, 4.69) is 32.9 Å². The molecular weight excluding hydrogens is 402 g/mol. The van der Waals surface area contributed by atoms with Gasteiger partial charge in [0.05, 0.1) is 6.61 Å². The zero-order valence-electron chi connectivity index (χ0n) is 17.7. The number of nitrogens with zero attached hydrogens (tertiary/aromatic N) is 1. The van der Waals surface area contributed by atoms with Crippen LogP contribution >= 0.6 is 11.6 Å². The highest BCUT2D eigenvalue weighted by Crippen LogP contribution is 2.26. The van der Waals surface area contributed by atoms with E-state index in [9.17, 15) is 10.1 Å². The molecule has 6 heteroatoms. The summed E-state index contributed by atoms with van der Waals surface area (Å²) in [5.41, 5.74) is 1.71. The number of ether oxygens (including phenoxy) is 3. The second-order valence-corrected chi connectivity index (χ2v) is 7.98. The minimum absolute atomic E-state index is 0.0893. The van der Waals surface area contributed by atoms with E-state index in [4.69, 9.17) is 25.8 Å². The van der Waals surface area contributed by atoms with Crippen LogP contribution in [-0.4, -0.2) is 25.8 Å². The molecule has 0 unspecified atom stereocenters. The molecule has 0 aromatic heterocycles. The van der Waals surface area contributed by atoms with Crippen molar-refractivity contribution >= 4 is 23.6 Å². The SMILES string of the molecule is CCOC(=O)C(C#N)=Cc1cc(Cl)ccc1OCCOc1ccc(C(C)(C)C)cc1. The van der Waals surface area contributed by atoms with Crippen LogP contribution in [0, 0.1) is 11.3 Å². The summed E-state index contributed by atoms with van der Waals surface area (Å²) in [5, 5.41) is 9.70. The maximum Gasteiger partial charge on any atom is 0.348 e. The molecular formula is C24H26ClNO4. The topological polar surface area (TPSA) is 68.6 Å². The smallest absolute Gasteiger partial charge is 0.348 e. The number of hydrogen-bond acceptors (Lipinski definition) is 5. The monoisotopic (exact) mass is 427 g/mol. The van der Waals surface area contributed by atoms with Gasteiger partial charge in [0.2, 0.25) is 0 Å². The van der Waals surface area contributed by atoms with Crippen molar-refractivity contribution in [2.75, 3.05) is 19.8 Å². The van der Waals surface area contributed by atoms with Crippen LogP contribution in [0.3, 0.4) is 0 Å². The molecule has 0 atom stereocenters. The van der Waals surface area contributed by atoms with Gasteiger partial charge in [-0.05, 0) is 54.3 Å². The van der Waals surface area contributed by atoms with Gasteiger partial charge in [-0.1, -0.05) is 44.5 Å². The fraction of sp³-hybridized carbons (Fsp3) is 0.333. The minimum atomic E-state index is -0.687. The van der Waals surface area contributed by atoms with Crippen LogP contribution in [0.2, 0.25) is 5.02 Å². The highest BCUT2D eigenvalue weighted by molar-refractivity contribution is 6.30. The van der Waals surface area contributed by atoms with Crippen LogP contribution in [-0.2, 0) is 14.9 Å². The third kappa shape index (κ3) is 6.82. The van der Waals surface area contributed by atoms with Crippen molar-refractivity contribution in [3.8, 4) is 17.6 Å². The maximum atomic E-state index is 11.9. The number of rotatable bonds is 8. The molecule has 2 aromatic carbocycles. The fourth-order valence-corrected chi connectivity index (χ4v) is 2.81. The summed E-state index contributed by atoms with van der Waals surface area (Å²) >= 11 is 6.06. The number of benzene rings is 2. The number of halogens is 1. The van der Waals surface area contributed by atoms with Crippen molar-refractivity contribution in [3.63, 3.8) is 0 Å². The molecule has 0 fully saturated rings. The Morgan fingerprint density at radius 2 is 1.77 bits per heavy atom. The lowest BCUT2D eigenvalue weighted by Gasteiger charge is -2.19. The molecule has 2 rings (SSSR count). The van der Waals surface area contributed by atoms with Crippen LogP contribution in [0.5, 0.6) is 11.5 Å². The Bertz CT molecular complexity index is 937. The predicted octanol–water partition coefficient (Wildman–Crippen LogP) is 5.57. The van der Waals surface area contributed by atoms with Gasteiger partial charge in [-0.15, -0.1) is 0 Å². The molecule has 0 aliphatic rings. The van der Waals surface area contributed by atoms with E-state index in [1.807, 2.05) is 18.2 Å². The predicted molar refractivity (Wildman–Crippen MR) is 118 cm³/mol. The van der Waals surface area contributed by atoms with Gasteiger partial charge in [-0.25, -0.2) is 4.79 Å². The van der Waals surface area contributed by atoms with E-state index < -0.39 is 5.97 Å². The quantitative estimate of drug-likeness (QED) is 0.238. The summed E-state index contributed by atoms with van der Waals surface area (Å²) in [6.07, 6.45) is 1.41. The second kappa shape index (κ2) is 10.7. The maximum absolute atomic E-state index is 11.9. The van der Waals surface area contributed by atoms with E-state index in [0.29, 0.717) is 22.9 Å². The summed E-state index contributed by atoms with van der Waals surface area (Å²) in [7, 11) is 0. The van der Waals surface area contributed by atoms with Crippen LogP contribution in [0.4, 0.5) is 0 Å². The normalized spacial score (nSPS) is 11.5. The van der Waals surface area contributed by atoms with Crippen LogP contribution in [0.15, 0.2) is 48.0 Å². The summed E-state index contributed by atoms with van der Waals surface area (Å²) in [6.45, 7) is 8.97. The first-order chi connectivity index (χ1) is 14.2. The average molecular weight is 428 g/mol. The molecule has 0 spiro atoms. The van der Waals surface area contributed by atoms with Gasteiger partial charge in [0.25, 0.3) is 0 Å². The molecule has 0 N–H and O–H groups in total. The summed E-state index contributed by atoms with van der Waals surface area (Å²) in [5.74, 6) is 0.563. The van der Waals surface area contributed by atoms with E-state index >= 15 is 0 Å². The van der Waals surface area contributed by atoms with E-state index in [0.717, 1.165) is 5.75 Å². The molecule has 0 amide bonds. The Kier molecular flexibility index (Phi) is 8.32. The number of nitriles is 1. The van der Waals surface area contributed by atoms with Crippen molar-refractivity contribution in [2.45, 2.75) is 33.1 Å². The van der Waals surface area contributed by atoms with E-state index in [-0.39, 0.29) is 24.2 Å². The lowest BCUT2D eigenvalue weighted by Crippen LogP contribution is -2.12. The molecule has 0 heterocycles. The lowest BCUT2D eigenvalue weighted by atomic mass is 9.87. The lowest BCUT2D eigenvalue weighted by molar-refractivity contribution is -0.137. The fourth-order valence-electron chi connectivity index (χ4n) is 2.63. The van der Waals surface area contributed by atoms with Crippen LogP contribution in [0.1, 0.15) is 38.8 Å². The summed E-state index contributed by atoms with van der Waals surface area (Å²) < 4.78 is 16.4. The van der Waals surface area contributed by atoms with Gasteiger partial charge in [-0.2, -0.15) is 5.26 Å².